The average Bonchev–Trinajstić information content (AvgIpc) is 2.87. The molecule has 2 aliphatic rings. The minimum atomic E-state index is -0.749. The Morgan fingerprint density at radius 3 is 2.95 bits per heavy atom. The maximum absolute atomic E-state index is 11.9. The standard InChI is InChI=1S/C15H28N2O2/c1-3-5-12-7-9-17(11-12)13-6-4-8-15(16,10-13)14(18)19-2/h12-13H,3-11,16H2,1-2H3. The van der Waals surface area contributed by atoms with E-state index in [2.05, 4.69) is 11.8 Å². The molecule has 0 aromatic heterocycles. The quantitative estimate of drug-likeness (QED) is 0.792. The minimum Gasteiger partial charge on any atom is -0.468 e. The number of rotatable bonds is 4. The van der Waals surface area contributed by atoms with Crippen molar-refractivity contribution in [1.29, 1.82) is 0 Å². The van der Waals surface area contributed by atoms with Crippen LogP contribution in [0, 0.1) is 5.92 Å². The molecule has 1 saturated heterocycles. The topological polar surface area (TPSA) is 55.6 Å². The molecule has 1 heterocycles. The third-order valence-electron chi connectivity index (χ3n) is 4.88. The van der Waals surface area contributed by atoms with Crippen LogP contribution in [0.25, 0.3) is 0 Å². The zero-order valence-electron chi connectivity index (χ0n) is 12.4. The van der Waals surface area contributed by atoms with Gasteiger partial charge in [-0.2, -0.15) is 0 Å². The Labute approximate surface area is 116 Å². The van der Waals surface area contributed by atoms with Gasteiger partial charge in [0.15, 0.2) is 0 Å². The first kappa shape index (κ1) is 14.8. The minimum absolute atomic E-state index is 0.235. The zero-order chi connectivity index (χ0) is 13.9. The van der Waals surface area contributed by atoms with Gasteiger partial charge in [-0.05, 0) is 51.0 Å². The molecule has 19 heavy (non-hydrogen) atoms. The first-order valence-corrected chi connectivity index (χ1v) is 7.70. The highest BCUT2D eigenvalue weighted by Gasteiger charge is 2.42. The largest absolute Gasteiger partial charge is 0.468 e. The van der Waals surface area contributed by atoms with E-state index in [0.717, 1.165) is 25.2 Å². The highest BCUT2D eigenvalue weighted by atomic mass is 16.5. The highest BCUT2D eigenvalue weighted by Crippen LogP contribution is 2.33. The Bertz CT molecular complexity index is 321. The Hall–Kier alpha value is -0.610. The Kier molecular flexibility index (Phi) is 4.85. The number of carbonyl (C=O) groups excluding carboxylic acids is 1. The molecule has 3 atom stereocenters. The number of methoxy groups -OCH3 is 1. The van der Waals surface area contributed by atoms with Gasteiger partial charge >= 0.3 is 5.97 Å². The predicted octanol–water partition coefficient (Wildman–Crippen LogP) is 1.92. The summed E-state index contributed by atoms with van der Waals surface area (Å²) < 4.78 is 4.88. The summed E-state index contributed by atoms with van der Waals surface area (Å²) in [5.74, 6) is 0.610. The number of hydrogen-bond donors (Lipinski definition) is 1. The van der Waals surface area contributed by atoms with Crippen molar-refractivity contribution < 1.29 is 9.53 Å². The fraction of sp³-hybridized carbons (Fsp3) is 0.933. The lowest BCUT2D eigenvalue weighted by atomic mass is 9.79. The van der Waals surface area contributed by atoms with Crippen molar-refractivity contribution >= 4 is 5.97 Å². The van der Waals surface area contributed by atoms with Gasteiger partial charge in [-0.1, -0.05) is 13.3 Å². The maximum atomic E-state index is 11.9. The van der Waals surface area contributed by atoms with Gasteiger partial charge in [-0.25, -0.2) is 0 Å². The smallest absolute Gasteiger partial charge is 0.325 e. The first-order valence-electron chi connectivity index (χ1n) is 7.70. The second-order valence-corrected chi connectivity index (χ2v) is 6.34. The molecule has 1 aliphatic carbocycles. The van der Waals surface area contributed by atoms with Crippen LogP contribution < -0.4 is 5.73 Å². The van der Waals surface area contributed by atoms with Crippen molar-refractivity contribution in [3.8, 4) is 0 Å². The Morgan fingerprint density at radius 2 is 2.26 bits per heavy atom. The molecule has 2 rings (SSSR count). The highest BCUT2D eigenvalue weighted by molar-refractivity contribution is 5.80. The summed E-state index contributed by atoms with van der Waals surface area (Å²) >= 11 is 0. The molecule has 110 valence electrons. The third kappa shape index (κ3) is 3.29. The monoisotopic (exact) mass is 268 g/mol. The summed E-state index contributed by atoms with van der Waals surface area (Å²) in [5.41, 5.74) is 5.51. The van der Waals surface area contributed by atoms with Crippen molar-refractivity contribution in [2.45, 2.75) is 63.5 Å². The lowest BCUT2D eigenvalue weighted by Gasteiger charge is -2.39. The lowest BCUT2D eigenvalue weighted by molar-refractivity contribution is -0.149. The molecule has 0 bridgehead atoms. The van der Waals surface area contributed by atoms with E-state index in [9.17, 15) is 4.79 Å². The van der Waals surface area contributed by atoms with Gasteiger partial charge in [0.2, 0.25) is 0 Å². The van der Waals surface area contributed by atoms with Crippen LogP contribution >= 0.6 is 0 Å². The number of esters is 1. The van der Waals surface area contributed by atoms with Crippen LogP contribution in [0.1, 0.15) is 51.9 Å². The molecule has 0 amide bonds. The van der Waals surface area contributed by atoms with Crippen LogP contribution in [-0.4, -0.2) is 42.6 Å². The number of hydrogen-bond acceptors (Lipinski definition) is 4. The molecule has 3 unspecified atom stereocenters. The number of nitrogens with two attached hydrogens (primary N) is 1. The third-order valence-corrected chi connectivity index (χ3v) is 4.88. The van der Waals surface area contributed by atoms with Crippen molar-refractivity contribution in [3.63, 3.8) is 0 Å². The van der Waals surface area contributed by atoms with E-state index >= 15 is 0 Å². The van der Waals surface area contributed by atoms with E-state index in [4.69, 9.17) is 10.5 Å². The molecule has 1 aliphatic heterocycles. The van der Waals surface area contributed by atoms with Crippen LogP contribution in [0.2, 0.25) is 0 Å². The van der Waals surface area contributed by atoms with Crippen molar-refractivity contribution in [3.05, 3.63) is 0 Å². The van der Waals surface area contributed by atoms with E-state index in [1.165, 1.54) is 45.9 Å². The van der Waals surface area contributed by atoms with Gasteiger partial charge in [-0.3, -0.25) is 4.79 Å². The lowest BCUT2D eigenvalue weighted by Crippen LogP contribution is -2.55. The summed E-state index contributed by atoms with van der Waals surface area (Å²) in [5, 5.41) is 0. The van der Waals surface area contributed by atoms with Crippen molar-refractivity contribution in [2.24, 2.45) is 11.7 Å². The zero-order valence-corrected chi connectivity index (χ0v) is 12.4. The molecule has 0 aromatic carbocycles. The number of likely N-dealkylation sites (tertiary alicyclic amines) is 1. The normalized spacial score (nSPS) is 36.4. The van der Waals surface area contributed by atoms with E-state index in [1.807, 2.05) is 0 Å². The van der Waals surface area contributed by atoms with E-state index in [-0.39, 0.29) is 5.97 Å². The van der Waals surface area contributed by atoms with E-state index in [0.29, 0.717) is 6.04 Å². The van der Waals surface area contributed by atoms with Crippen LogP contribution in [-0.2, 0) is 9.53 Å². The summed E-state index contributed by atoms with van der Waals surface area (Å²) in [4.78, 5) is 14.4. The van der Waals surface area contributed by atoms with Gasteiger partial charge in [0.05, 0.1) is 7.11 Å². The van der Waals surface area contributed by atoms with Gasteiger partial charge in [-0.15, -0.1) is 0 Å². The molecule has 4 heteroatoms. The van der Waals surface area contributed by atoms with Crippen LogP contribution in [0.4, 0.5) is 0 Å². The van der Waals surface area contributed by atoms with E-state index < -0.39 is 5.54 Å². The SMILES string of the molecule is CCCC1CCN(C2CCCC(N)(C(=O)OC)C2)C1. The molecular weight excluding hydrogens is 240 g/mol. The van der Waals surface area contributed by atoms with Gasteiger partial charge in [0.1, 0.15) is 5.54 Å². The summed E-state index contributed by atoms with van der Waals surface area (Å²) in [6.45, 7) is 4.62. The second kappa shape index (κ2) is 6.23. The van der Waals surface area contributed by atoms with E-state index in [1.54, 1.807) is 0 Å². The van der Waals surface area contributed by atoms with Crippen LogP contribution in [0.3, 0.4) is 0 Å². The molecule has 0 aromatic rings. The predicted molar refractivity (Wildman–Crippen MR) is 75.8 cm³/mol. The van der Waals surface area contributed by atoms with Gasteiger partial charge < -0.3 is 15.4 Å². The summed E-state index contributed by atoms with van der Waals surface area (Å²) in [7, 11) is 1.44. The molecule has 4 nitrogen and oxygen atoms in total. The maximum Gasteiger partial charge on any atom is 0.325 e. The Morgan fingerprint density at radius 1 is 1.47 bits per heavy atom. The number of nitrogens with zero attached hydrogens (tertiary/aromatic N) is 1. The Balaban J connectivity index is 1.93. The second-order valence-electron chi connectivity index (χ2n) is 6.34. The molecule has 2 N–H and O–H groups in total. The molecule has 0 spiro atoms. The van der Waals surface area contributed by atoms with Crippen LogP contribution in [0.15, 0.2) is 0 Å². The molecule has 0 radical (unpaired) electrons. The summed E-state index contributed by atoms with van der Waals surface area (Å²) in [6, 6.07) is 0.472. The van der Waals surface area contributed by atoms with Crippen LogP contribution in [0.5, 0.6) is 0 Å². The number of carbonyl (C=O) groups is 1. The van der Waals surface area contributed by atoms with Crippen molar-refractivity contribution in [1.82, 2.24) is 4.90 Å². The van der Waals surface area contributed by atoms with Crippen molar-refractivity contribution in [2.75, 3.05) is 20.2 Å². The molecule has 1 saturated carbocycles. The fourth-order valence-corrected chi connectivity index (χ4v) is 3.82. The molecule has 2 fully saturated rings. The number of ether oxygens (including phenoxy) is 1. The summed E-state index contributed by atoms with van der Waals surface area (Å²) in [6.07, 6.45) is 7.64. The van der Waals surface area contributed by atoms with Gasteiger partial charge in [0.25, 0.3) is 0 Å². The fourth-order valence-electron chi connectivity index (χ4n) is 3.82. The van der Waals surface area contributed by atoms with Gasteiger partial charge in [0, 0.05) is 12.6 Å². The average molecular weight is 268 g/mol. The first-order chi connectivity index (χ1) is 9.09. The molecular formula is C15H28N2O2.